The molecule has 0 aliphatic carbocycles. The largest absolute Gasteiger partial charge is 0.494 e. The average molecular weight is 374 g/mol. The first kappa shape index (κ1) is 18.4. The summed E-state index contributed by atoms with van der Waals surface area (Å²) in [6.45, 7) is 5.95. The minimum atomic E-state index is 0.587. The number of nitrogens with zero attached hydrogens (tertiary/aromatic N) is 2. The molecule has 0 saturated carbocycles. The van der Waals surface area contributed by atoms with E-state index in [0.29, 0.717) is 12.5 Å². The molecule has 0 amide bonds. The van der Waals surface area contributed by atoms with Crippen molar-refractivity contribution in [3.8, 4) is 17.3 Å². The second-order valence-corrected chi connectivity index (χ2v) is 7.13. The summed E-state index contributed by atoms with van der Waals surface area (Å²) in [5.41, 5.74) is 3.46. The molecular weight excluding hydrogens is 348 g/mol. The smallest absolute Gasteiger partial charge is 0.177 e. The maximum atomic E-state index is 5.96. The molecule has 2 aromatic carbocycles. The summed E-state index contributed by atoms with van der Waals surface area (Å²) in [5, 5.41) is 0. The van der Waals surface area contributed by atoms with E-state index in [-0.39, 0.29) is 0 Å². The first-order valence-corrected chi connectivity index (χ1v) is 9.98. The molecule has 0 spiro atoms. The first-order valence-electron chi connectivity index (χ1n) is 9.98. The average Bonchev–Trinajstić information content (AvgIpc) is 3.39. The lowest BCUT2D eigenvalue weighted by Gasteiger charge is -2.12. The number of imidazole rings is 1. The van der Waals surface area contributed by atoms with Gasteiger partial charge >= 0.3 is 0 Å². The molecule has 144 valence electrons. The van der Waals surface area contributed by atoms with Gasteiger partial charge in [-0.25, -0.2) is 4.98 Å². The van der Waals surface area contributed by atoms with Crippen molar-refractivity contribution in [3.05, 3.63) is 72.5 Å². The number of para-hydroxylation sites is 2. The topological polar surface area (TPSA) is 40.2 Å². The van der Waals surface area contributed by atoms with E-state index in [2.05, 4.69) is 48.7 Å². The Morgan fingerprint density at radius 2 is 1.86 bits per heavy atom. The Bertz CT molecular complexity index is 1020. The monoisotopic (exact) mass is 374 g/mol. The van der Waals surface area contributed by atoms with Crippen LogP contribution in [0.4, 0.5) is 0 Å². The van der Waals surface area contributed by atoms with Crippen LogP contribution < -0.4 is 4.74 Å². The van der Waals surface area contributed by atoms with Crippen molar-refractivity contribution in [2.75, 3.05) is 6.61 Å². The molecule has 0 saturated heterocycles. The summed E-state index contributed by atoms with van der Waals surface area (Å²) in [5.74, 6) is 3.17. The lowest BCUT2D eigenvalue weighted by atomic mass is 9.99. The van der Waals surface area contributed by atoms with Gasteiger partial charge in [0.25, 0.3) is 0 Å². The van der Waals surface area contributed by atoms with Crippen LogP contribution in [0.25, 0.3) is 22.6 Å². The van der Waals surface area contributed by atoms with Crippen molar-refractivity contribution in [1.29, 1.82) is 0 Å². The van der Waals surface area contributed by atoms with Gasteiger partial charge in [0, 0.05) is 6.54 Å². The van der Waals surface area contributed by atoms with Gasteiger partial charge < -0.3 is 13.7 Å². The molecule has 4 heteroatoms. The van der Waals surface area contributed by atoms with Crippen LogP contribution in [0.5, 0.6) is 5.75 Å². The summed E-state index contributed by atoms with van der Waals surface area (Å²) in [7, 11) is 0. The van der Waals surface area contributed by atoms with Crippen molar-refractivity contribution < 1.29 is 9.15 Å². The Morgan fingerprint density at radius 3 is 2.61 bits per heavy atom. The number of benzene rings is 2. The van der Waals surface area contributed by atoms with Crippen molar-refractivity contribution >= 4 is 11.0 Å². The highest BCUT2D eigenvalue weighted by atomic mass is 16.5. The number of hydrogen-bond donors (Lipinski definition) is 0. The summed E-state index contributed by atoms with van der Waals surface area (Å²) in [4.78, 5) is 4.75. The van der Waals surface area contributed by atoms with Crippen LogP contribution in [0.3, 0.4) is 0 Å². The highest BCUT2D eigenvalue weighted by molar-refractivity contribution is 5.79. The van der Waals surface area contributed by atoms with Gasteiger partial charge in [-0.3, -0.25) is 0 Å². The molecule has 0 radical (unpaired) electrons. The van der Waals surface area contributed by atoms with E-state index in [1.54, 1.807) is 6.26 Å². The molecule has 28 heavy (non-hydrogen) atoms. The fourth-order valence-corrected chi connectivity index (χ4v) is 3.44. The van der Waals surface area contributed by atoms with Crippen molar-refractivity contribution in [1.82, 2.24) is 9.55 Å². The molecule has 0 fully saturated rings. The summed E-state index contributed by atoms with van der Waals surface area (Å²) in [6.07, 6.45) is 3.73. The SMILES string of the molecule is CCC(C)c1ccc(OCCCn2c(-c3ccco3)nc3ccccc32)cc1. The fraction of sp³-hybridized carbons (Fsp3) is 0.292. The van der Waals surface area contributed by atoms with Gasteiger partial charge in [-0.1, -0.05) is 38.1 Å². The van der Waals surface area contributed by atoms with Gasteiger partial charge in [0.2, 0.25) is 0 Å². The number of hydrogen-bond acceptors (Lipinski definition) is 3. The maximum absolute atomic E-state index is 5.96. The molecule has 1 atom stereocenters. The fourth-order valence-electron chi connectivity index (χ4n) is 3.44. The second kappa shape index (κ2) is 8.34. The lowest BCUT2D eigenvalue weighted by molar-refractivity contribution is 0.302. The van der Waals surface area contributed by atoms with Gasteiger partial charge in [0.05, 0.1) is 23.9 Å². The number of aromatic nitrogens is 2. The van der Waals surface area contributed by atoms with Gasteiger partial charge in [-0.15, -0.1) is 0 Å². The third-order valence-corrected chi connectivity index (χ3v) is 5.25. The summed E-state index contributed by atoms with van der Waals surface area (Å²) >= 11 is 0. The zero-order chi connectivity index (χ0) is 19.3. The van der Waals surface area contributed by atoms with Crippen LogP contribution in [0.2, 0.25) is 0 Å². The molecule has 4 rings (SSSR count). The van der Waals surface area contributed by atoms with Crippen LogP contribution >= 0.6 is 0 Å². The number of furan rings is 1. The Kier molecular flexibility index (Phi) is 5.47. The van der Waals surface area contributed by atoms with Gasteiger partial charge in [-0.2, -0.15) is 0 Å². The van der Waals surface area contributed by atoms with Crippen molar-refractivity contribution in [2.45, 2.75) is 39.2 Å². The third-order valence-electron chi connectivity index (χ3n) is 5.25. The van der Waals surface area contributed by atoms with Gasteiger partial charge in [-0.05, 0) is 60.7 Å². The zero-order valence-corrected chi connectivity index (χ0v) is 16.5. The molecule has 0 bridgehead atoms. The van der Waals surface area contributed by atoms with E-state index in [1.807, 2.05) is 30.3 Å². The highest BCUT2D eigenvalue weighted by Crippen LogP contribution is 2.26. The van der Waals surface area contributed by atoms with Crippen LogP contribution in [0.15, 0.2) is 71.3 Å². The molecule has 4 aromatic rings. The third kappa shape index (κ3) is 3.81. The first-order chi connectivity index (χ1) is 13.8. The Morgan fingerprint density at radius 1 is 1.04 bits per heavy atom. The highest BCUT2D eigenvalue weighted by Gasteiger charge is 2.14. The standard InChI is InChI=1S/C24H26N2O2/c1-3-18(2)19-11-13-20(14-12-19)27-17-7-15-26-22-9-5-4-8-21(22)25-24(26)23-10-6-16-28-23/h4-6,8-14,16,18H,3,7,15,17H2,1-2H3. The van der Waals surface area contributed by atoms with Gasteiger partial charge in [0.1, 0.15) is 5.75 Å². The lowest BCUT2D eigenvalue weighted by Crippen LogP contribution is -2.06. The van der Waals surface area contributed by atoms with Crippen LogP contribution in [0.1, 0.15) is 38.2 Å². The van der Waals surface area contributed by atoms with E-state index in [9.17, 15) is 0 Å². The van der Waals surface area contributed by atoms with E-state index < -0.39 is 0 Å². The number of rotatable bonds is 8. The quantitative estimate of drug-likeness (QED) is 0.341. The molecule has 0 aliphatic rings. The van der Waals surface area contributed by atoms with Crippen LogP contribution in [0, 0.1) is 0 Å². The Hall–Kier alpha value is -3.01. The molecular formula is C24H26N2O2. The van der Waals surface area contributed by atoms with E-state index in [4.69, 9.17) is 14.1 Å². The molecule has 0 N–H and O–H groups in total. The van der Waals surface area contributed by atoms with E-state index in [0.717, 1.165) is 47.8 Å². The van der Waals surface area contributed by atoms with Crippen molar-refractivity contribution in [2.24, 2.45) is 0 Å². The molecule has 1 unspecified atom stereocenters. The summed E-state index contributed by atoms with van der Waals surface area (Å²) < 4.78 is 13.8. The molecule has 2 aromatic heterocycles. The number of ether oxygens (including phenoxy) is 1. The molecule has 0 aliphatic heterocycles. The second-order valence-electron chi connectivity index (χ2n) is 7.13. The predicted octanol–water partition coefficient (Wildman–Crippen LogP) is 6.28. The van der Waals surface area contributed by atoms with Crippen LogP contribution in [-0.4, -0.2) is 16.2 Å². The summed E-state index contributed by atoms with van der Waals surface area (Å²) in [6, 6.07) is 20.5. The van der Waals surface area contributed by atoms with Gasteiger partial charge in [0.15, 0.2) is 11.6 Å². The minimum absolute atomic E-state index is 0.587. The Labute approximate surface area is 165 Å². The Balaban J connectivity index is 1.42. The molecule has 2 heterocycles. The van der Waals surface area contributed by atoms with Crippen LogP contribution in [-0.2, 0) is 6.54 Å². The number of fused-ring (bicyclic) bond motifs is 1. The predicted molar refractivity (Wildman–Crippen MR) is 113 cm³/mol. The normalized spacial score (nSPS) is 12.4. The maximum Gasteiger partial charge on any atom is 0.177 e. The minimum Gasteiger partial charge on any atom is -0.494 e. The van der Waals surface area contributed by atoms with E-state index >= 15 is 0 Å². The number of aryl methyl sites for hydroxylation is 1. The molecule has 4 nitrogen and oxygen atoms in total. The van der Waals surface area contributed by atoms with Crippen molar-refractivity contribution in [3.63, 3.8) is 0 Å². The zero-order valence-electron chi connectivity index (χ0n) is 16.5. The van der Waals surface area contributed by atoms with E-state index in [1.165, 1.54) is 5.56 Å².